The summed E-state index contributed by atoms with van der Waals surface area (Å²) in [5.74, 6) is 0.209. The summed E-state index contributed by atoms with van der Waals surface area (Å²) >= 11 is 0. The van der Waals surface area contributed by atoms with Crippen LogP contribution >= 0.6 is 0 Å². The molecule has 0 unspecified atom stereocenters. The molecule has 1 N–H and O–H groups in total. The van der Waals surface area contributed by atoms with Gasteiger partial charge in [0.25, 0.3) is 0 Å². The molecule has 1 aliphatic carbocycles. The predicted molar refractivity (Wildman–Crippen MR) is 71.6 cm³/mol. The first kappa shape index (κ1) is 13.3. The van der Waals surface area contributed by atoms with E-state index in [-0.39, 0.29) is 5.78 Å². The third-order valence-corrected chi connectivity index (χ3v) is 3.45. The van der Waals surface area contributed by atoms with Gasteiger partial charge in [0, 0.05) is 12.2 Å². The number of nitrogens with one attached hydrogen (secondary N) is 1. The lowest BCUT2D eigenvalue weighted by atomic mass is 10.2. The molecular weight excluding hydrogens is 226 g/mol. The van der Waals surface area contributed by atoms with Gasteiger partial charge in [0.2, 0.25) is 0 Å². The second-order valence-corrected chi connectivity index (χ2v) is 5.48. The van der Waals surface area contributed by atoms with Crippen LogP contribution < -0.4 is 5.32 Å². The summed E-state index contributed by atoms with van der Waals surface area (Å²) in [4.78, 5) is 11.7. The van der Waals surface area contributed by atoms with Crippen LogP contribution in [-0.2, 0) is 11.2 Å². The first-order valence-corrected chi connectivity index (χ1v) is 6.94. The van der Waals surface area contributed by atoms with Crippen molar-refractivity contribution in [1.29, 1.82) is 0 Å². The average Bonchev–Trinajstić information content (AvgIpc) is 2.95. The molecular formula is C14H23N3O. The average molecular weight is 249 g/mol. The Kier molecular flexibility index (Phi) is 4.53. The minimum absolute atomic E-state index is 0.209. The van der Waals surface area contributed by atoms with Crippen molar-refractivity contribution in [3.63, 3.8) is 0 Å². The Hall–Kier alpha value is -1.16. The number of hydrogen-bond acceptors (Lipinski definition) is 3. The summed E-state index contributed by atoms with van der Waals surface area (Å²) in [5, 5.41) is 7.67. The maximum absolute atomic E-state index is 11.7. The molecule has 1 aliphatic rings. The summed E-state index contributed by atoms with van der Waals surface area (Å²) in [5.41, 5.74) is 0.900. The van der Waals surface area contributed by atoms with Crippen molar-refractivity contribution in [2.75, 3.05) is 6.54 Å². The minimum Gasteiger partial charge on any atom is -0.308 e. The number of carbonyl (C=O) groups is 1. The standard InChI is InChI=1S/C14H23N3O/c1-11(2)15-10-14(18)9-12-7-8-17(16-12)13-5-3-4-6-13/h7-8,11,13,15H,3-6,9-10H2,1-2H3. The first-order chi connectivity index (χ1) is 8.65. The van der Waals surface area contributed by atoms with Gasteiger partial charge in [-0.05, 0) is 18.9 Å². The molecule has 0 aliphatic heterocycles. The number of Topliss-reactive ketones (excluding diaryl/α,β-unsaturated/α-hetero) is 1. The molecule has 4 nitrogen and oxygen atoms in total. The number of aromatic nitrogens is 2. The van der Waals surface area contributed by atoms with E-state index in [0.717, 1.165) is 5.69 Å². The van der Waals surface area contributed by atoms with Gasteiger partial charge in [-0.25, -0.2) is 0 Å². The molecule has 2 rings (SSSR count). The van der Waals surface area contributed by atoms with E-state index in [1.165, 1.54) is 25.7 Å². The Balaban J connectivity index is 1.84. The zero-order valence-corrected chi connectivity index (χ0v) is 11.4. The number of rotatable bonds is 6. The van der Waals surface area contributed by atoms with Crippen molar-refractivity contribution in [1.82, 2.24) is 15.1 Å². The monoisotopic (exact) mass is 249 g/mol. The summed E-state index contributed by atoms with van der Waals surface area (Å²) in [6, 6.07) is 2.89. The van der Waals surface area contributed by atoms with Gasteiger partial charge in [0.05, 0.1) is 24.7 Å². The van der Waals surface area contributed by atoms with Crippen molar-refractivity contribution >= 4 is 5.78 Å². The quantitative estimate of drug-likeness (QED) is 0.840. The molecule has 0 saturated heterocycles. The van der Waals surface area contributed by atoms with Crippen LogP contribution in [0.1, 0.15) is 51.3 Å². The summed E-state index contributed by atoms with van der Waals surface area (Å²) in [7, 11) is 0. The van der Waals surface area contributed by atoms with Gasteiger partial charge in [-0.3, -0.25) is 9.48 Å². The molecule has 1 fully saturated rings. The van der Waals surface area contributed by atoms with Gasteiger partial charge < -0.3 is 5.32 Å². The van der Waals surface area contributed by atoms with E-state index in [4.69, 9.17) is 0 Å². The summed E-state index contributed by atoms with van der Waals surface area (Å²) in [6.45, 7) is 4.53. The van der Waals surface area contributed by atoms with E-state index in [0.29, 0.717) is 25.0 Å². The SMILES string of the molecule is CC(C)NCC(=O)Cc1ccn(C2CCCC2)n1. The predicted octanol–water partition coefficient (Wildman–Crippen LogP) is 2.11. The second-order valence-electron chi connectivity index (χ2n) is 5.48. The Morgan fingerprint density at radius 3 is 2.89 bits per heavy atom. The molecule has 0 amide bonds. The highest BCUT2D eigenvalue weighted by molar-refractivity contribution is 5.82. The number of ketones is 1. The zero-order valence-electron chi connectivity index (χ0n) is 11.4. The van der Waals surface area contributed by atoms with E-state index in [9.17, 15) is 4.79 Å². The Morgan fingerprint density at radius 2 is 2.22 bits per heavy atom. The number of carbonyl (C=O) groups excluding carboxylic acids is 1. The molecule has 0 bridgehead atoms. The fourth-order valence-electron chi connectivity index (χ4n) is 2.43. The molecule has 0 atom stereocenters. The van der Waals surface area contributed by atoms with Gasteiger partial charge in [0.15, 0.2) is 5.78 Å². The van der Waals surface area contributed by atoms with Crippen LogP contribution in [0.2, 0.25) is 0 Å². The van der Waals surface area contributed by atoms with Crippen molar-refractivity contribution in [3.05, 3.63) is 18.0 Å². The summed E-state index contributed by atoms with van der Waals surface area (Å²) < 4.78 is 2.05. The van der Waals surface area contributed by atoms with Crippen molar-refractivity contribution in [2.24, 2.45) is 0 Å². The molecule has 0 aromatic carbocycles. The van der Waals surface area contributed by atoms with Crippen molar-refractivity contribution in [3.8, 4) is 0 Å². The lowest BCUT2D eigenvalue weighted by molar-refractivity contribution is -0.117. The topological polar surface area (TPSA) is 46.9 Å². The first-order valence-electron chi connectivity index (χ1n) is 6.94. The molecule has 0 radical (unpaired) electrons. The van der Waals surface area contributed by atoms with E-state index in [1.807, 2.05) is 30.8 Å². The molecule has 4 heteroatoms. The molecule has 1 heterocycles. The Morgan fingerprint density at radius 1 is 1.50 bits per heavy atom. The normalized spacial score (nSPS) is 16.6. The third-order valence-electron chi connectivity index (χ3n) is 3.45. The van der Waals surface area contributed by atoms with Gasteiger partial charge in [0.1, 0.15) is 0 Å². The Bertz CT molecular complexity index is 391. The van der Waals surface area contributed by atoms with E-state index >= 15 is 0 Å². The van der Waals surface area contributed by atoms with Crippen LogP contribution in [0, 0.1) is 0 Å². The largest absolute Gasteiger partial charge is 0.308 e. The summed E-state index contributed by atoms with van der Waals surface area (Å²) in [6.07, 6.45) is 7.52. The maximum Gasteiger partial charge on any atom is 0.152 e. The van der Waals surface area contributed by atoms with E-state index in [1.54, 1.807) is 0 Å². The Labute approximate surface area is 109 Å². The molecule has 0 spiro atoms. The smallest absolute Gasteiger partial charge is 0.152 e. The van der Waals surface area contributed by atoms with E-state index in [2.05, 4.69) is 10.4 Å². The maximum atomic E-state index is 11.7. The lowest BCUT2D eigenvalue weighted by Gasteiger charge is -2.09. The molecule has 100 valence electrons. The van der Waals surface area contributed by atoms with Crippen LogP contribution in [0.25, 0.3) is 0 Å². The van der Waals surface area contributed by atoms with Gasteiger partial charge in [-0.15, -0.1) is 0 Å². The van der Waals surface area contributed by atoms with Crippen LogP contribution in [0.15, 0.2) is 12.3 Å². The molecule has 1 aromatic heterocycles. The highest BCUT2D eigenvalue weighted by atomic mass is 16.1. The van der Waals surface area contributed by atoms with Crippen LogP contribution in [-0.4, -0.2) is 28.2 Å². The van der Waals surface area contributed by atoms with Gasteiger partial charge >= 0.3 is 0 Å². The fraction of sp³-hybridized carbons (Fsp3) is 0.714. The van der Waals surface area contributed by atoms with Gasteiger partial charge in [-0.1, -0.05) is 26.7 Å². The number of nitrogens with zero attached hydrogens (tertiary/aromatic N) is 2. The van der Waals surface area contributed by atoms with Crippen LogP contribution in [0.5, 0.6) is 0 Å². The van der Waals surface area contributed by atoms with Gasteiger partial charge in [-0.2, -0.15) is 5.10 Å². The van der Waals surface area contributed by atoms with E-state index < -0.39 is 0 Å². The molecule has 18 heavy (non-hydrogen) atoms. The number of hydrogen-bond donors (Lipinski definition) is 1. The second kappa shape index (κ2) is 6.14. The highest BCUT2D eigenvalue weighted by Gasteiger charge is 2.17. The van der Waals surface area contributed by atoms with Crippen LogP contribution in [0.4, 0.5) is 0 Å². The fourth-order valence-corrected chi connectivity index (χ4v) is 2.43. The molecule has 1 saturated carbocycles. The minimum atomic E-state index is 0.209. The van der Waals surface area contributed by atoms with Crippen molar-refractivity contribution < 1.29 is 4.79 Å². The highest BCUT2D eigenvalue weighted by Crippen LogP contribution is 2.28. The lowest BCUT2D eigenvalue weighted by Crippen LogP contribution is -2.30. The third kappa shape index (κ3) is 3.67. The van der Waals surface area contributed by atoms with Crippen LogP contribution in [0.3, 0.4) is 0 Å². The zero-order chi connectivity index (χ0) is 13.0. The molecule has 1 aromatic rings. The van der Waals surface area contributed by atoms with Crippen molar-refractivity contribution in [2.45, 2.75) is 58.0 Å².